The van der Waals surface area contributed by atoms with Crippen LogP contribution < -0.4 is 0 Å². The summed E-state index contributed by atoms with van der Waals surface area (Å²) in [6, 6.07) is 10.1. The molecule has 1 aliphatic heterocycles. The largest absolute Gasteiger partial charge is 0.367 e. The first-order valence-corrected chi connectivity index (χ1v) is 5.75. The Morgan fingerprint density at radius 3 is 2.81 bits per heavy atom. The quantitative estimate of drug-likeness (QED) is 0.776. The molecule has 3 heteroatoms. The lowest BCUT2D eigenvalue weighted by atomic mass is 10.1. The van der Waals surface area contributed by atoms with Gasteiger partial charge in [0.1, 0.15) is 6.10 Å². The third kappa shape index (κ3) is 2.42. The lowest BCUT2D eigenvalue weighted by Crippen LogP contribution is -2.46. The summed E-state index contributed by atoms with van der Waals surface area (Å²) in [4.78, 5) is 13.8. The molecule has 86 valence electrons. The van der Waals surface area contributed by atoms with Crippen LogP contribution in [0.25, 0.3) is 0 Å². The van der Waals surface area contributed by atoms with Crippen LogP contribution in [0.5, 0.6) is 0 Å². The van der Waals surface area contributed by atoms with E-state index in [1.54, 1.807) is 0 Å². The number of amides is 1. The molecule has 0 bridgehead atoms. The molecule has 2 rings (SSSR count). The molecule has 0 radical (unpaired) electrons. The second-order valence-corrected chi connectivity index (χ2v) is 4.01. The van der Waals surface area contributed by atoms with Crippen molar-refractivity contribution in [2.75, 3.05) is 13.2 Å². The number of ether oxygens (including phenoxy) is 1. The molecular weight excluding hydrogens is 202 g/mol. The van der Waals surface area contributed by atoms with E-state index in [0.29, 0.717) is 19.7 Å². The summed E-state index contributed by atoms with van der Waals surface area (Å²) < 4.78 is 5.42. The molecule has 1 aliphatic rings. The summed E-state index contributed by atoms with van der Waals surface area (Å²) in [6.45, 7) is 4.02. The third-order valence-electron chi connectivity index (χ3n) is 2.85. The van der Waals surface area contributed by atoms with Gasteiger partial charge in [0.15, 0.2) is 0 Å². The van der Waals surface area contributed by atoms with E-state index >= 15 is 0 Å². The monoisotopic (exact) mass is 219 g/mol. The third-order valence-corrected chi connectivity index (χ3v) is 2.85. The van der Waals surface area contributed by atoms with Crippen molar-refractivity contribution < 1.29 is 9.53 Å². The van der Waals surface area contributed by atoms with Gasteiger partial charge >= 0.3 is 0 Å². The van der Waals surface area contributed by atoms with Gasteiger partial charge in [-0.05, 0) is 12.0 Å². The summed E-state index contributed by atoms with van der Waals surface area (Å²) in [5.74, 6) is 0.123. The molecule has 16 heavy (non-hydrogen) atoms. The number of benzene rings is 1. The van der Waals surface area contributed by atoms with Crippen molar-refractivity contribution in [1.29, 1.82) is 0 Å². The molecule has 1 aromatic rings. The summed E-state index contributed by atoms with van der Waals surface area (Å²) >= 11 is 0. The lowest BCUT2D eigenvalue weighted by molar-refractivity contribution is -0.153. The van der Waals surface area contributed by atoms with Crippen LogP contribution in [0.3, 0.4) is 0 Å². The van der Waals surface area contributed by atoms with Crippen LogP contribution in [0.15, 0.2) is 30.3 Å². The molecule has 1 aromatic carbocycles. The Kier molecular flexibility index (Phi) is 3.57. The Labute approximate surface area is 96.0 Å². The fraction of sp³-hybridized carbons (Fsp3) is 0.462. The van der Waals surface area contributed by atoms with Crippen molar-refractivity contribution in [3.8, 4) is 0 Å². The molecule has 0 aromatic heterocycles. The predicted octanol–water partition coefficient (Wildman–Crippen LogP) is 1.82. The van der Waals surface area contributed by atoms with E-state index < -0.39 is 0 Å². The Bertz CT molecular complexity index is 350. The highest BCUT2D eigenvalue weighted by molar-refractivity contribution is 5.81. The van der Waals surface area contributed by atoms with Crippen molar-refractivity contribution in [2.45, 2.75) is 26.0 Å². The van der Waals surface area contributed by atoms with Gasteiger partial charge in [0.2, 0.25) is 0 Å². The van der Waals surface area contributed by atoms with Gasteiger partial charge in [-0.3, -0.25) is 4.79 Å². The molecule has 0 unspecified atom stereocenters. The van der Waals surface area contributed by atoms with Gasteiger partial charge < -0.3 is 9.64 Å². The van der Waals surface area contributed by atoms with Crippen molar-refractivity contribution in [3.63, 3.8) is 0 Å². The summed E-state index contributed by atoms with van der Waals surface area (Å²) in [7, 11) is 0. The van der Waals surface area contributed by atoms with Crippen LogP contribution in [0.2, 0.25) is 0 Å². The highest BCUT2D eigenvalue weighted by atomic mass is 16.5. The van der Waals surface area contributed by atoms with E-state index in [9.17, 15) is 4.79 Å². The summed E-state index contributed by atoms with van der Waals surface area (Å²) in [5.41, 5.74) is 1.17. The first kappa shape index (κ1) is 11.1. The fourth-order valence-electron chi connectivity index (χ4n) is 1.94. The molecular formula is C13H17NO2. The van der Waals surface area contributed by atoms with E-state index in [1.165, 1.54) is 5.56 Å². The van der Waals surface area contributed by atoms with Gasteiger partial charge in [-0.2, -0.15) is 0 Å². The van der Waals surface area contributed by atoms with Crippen LogP contribution in [-0.2, 0) is 16.1 Å². The fourth-order valence-corrected chi connectivity index (χ4v) is 1.94. The molecule has 1 fully saturated rings. The van der Waals surface area contributed by atoms with E-state index in [0.717, 1.165) is 6.42 Å². The number of hydrogen-bond donors (Lipinski definition) is 0. The van der Waals surface area contributed by atoms with Crippen molar-refractivity contribution in [3.05, 3.63) is 35.9 Å². The number of rotatable bonds is 3. The Morgan fingerprint density at radius 1 is 1.38 bits per heavy atom. The molecule has 0 saturated carbocycles. The normalized spacial score (nSPS) is 21.2. The van der Waals surface area contributed by atoms with Gasteiger partial charge in [-0.25, -0.2) is 0 Å². The van der Waals surface area contributed by atoms with Crippen LogP contribution in [0.4, 0.5) is 0 Å². The zero-order valence-electron chi connectivity index (χ0n) is 9.56. The summed E-state index contributed by atoms with van der Waals surface area (Å²) in [6.07, 6.45) is 0.516. The number of carbonyl (C=O) groups is 1. The van der Waals surface area contributed by atoms with E-state index in [4.69, 9.17) is 4.74 Å². The zero-order chi connectivity index (χ0) is 11.4. The Hall–Kier alpha value is -1.35. The molecule has 1 heterocycles. The van der Waals surface area contributed by atoms with Gasteiger partial charge in [0, 0.05) is 13.1 Å². The molecule has 1 amide bonds. The first-order chi connectivity index (χ1) is 7.81. The summed E-state index contributed by atoms with van der Waals surface area (Å²) in [5, 5.41) is 0. The molecule has 0 spiro atoms. The van der Waals surface area contributed by atoms with E-state index in [1.807, 2.05) is 42.2 Å². The van der Waals surface area contributed by atoms with Crippen molar-refractivity contribution >= 4 is 5.91 Å². The Morgan fingerprint density at radius 2 is 2.12 bits per heavy atom. The van der Waals surface area contributed by atoms with Crippen LogP contribution >= 0.6 is 0 Å². The maximum absolute atomic E-state index is 12.0. The Balaban J connectivity index is 2.02. The maximum atomic E-state index is 12.0. The average Bonchev–Trinajstić information content (AvgIpc) is 2.33. The minimum Gasteiger partial charge on any atom is -0.367 e. The van der Waals surface area contributed by atoms with E-state index in [-0.39, 0.29) is 12.0 Å². The number of nitrogens with zero attached hydrogens (tertiary/aromatic N) is 1. The SMILES string of the molecule is CC[C@@H]1OCCN(Cc2ccccc2)C1=O. The van der Waals surface area contributed by atoms with Crippen LogP contribution in [-0.4, -0.2) is 30.1 Å². The number of morpholine rings is 1. The van der Waals surface area contributed by atoms with Gasteiger partial charge in [-0.1, -0.05) is 37.3 Å². The van der Waals surface area contributed by atoms with Gasteiger partial charge in [0.25, 0.3) is 5.91 Å². The van der Waals surface area contributed by atoms with Crippen molar-refractivity contribution in [2.24, 2.45) is 0 Å². The highest BCUT2D eigenvalue weighted by Crippen LogP contribution is 2.13. The van der Waals surface area contributed by atoms with Crippen LogP contribution in [0, 0.1) is 0 Å². The number of hydrogen-bond acceptors (Lipinski definition) is 2. The highest BCUT2D eigenvalue weighted by Gasteiger charge is 2.27. The topological polar surface area (TPSA) is 29.5 Å². The van der Waals surface area contributed by atoms with Crippen molar-refractivity contribution in [1.82, 2.24) is 4.90 Å². The predicted molar refractivity (Wildman–Crippen MR) is 61.9 cm³/mol. The molecule has 1 saturated heterocycles. The second kappa shape index (κ2) is 5.12. The minimum atomic E-state index is -0.238. The van der Waals surface area contributed by atoms with Gasteiger partial charge in [0.05, 0.1) is 6.61 Å². The average molecular weight is 219 g/mol. The zero-order valence-corrected chi connectivity index (χ0v) is 9.56. The number of carbonyl (C=O) groups excluding carboxylic acids is 1. The second-order valence-electron chi connectivity index (χ2n) is 4.01. The van der Waals surface area contributed by atoms with Gasteiger partial charge in [-0.15, -0.1) is 0 Å². The molecule has 0 aliphatic carbocycles. The maximum Gasteiger partial charge on any atom is 0.252 e. The van der Waals surface area contributed by atoms with E-state index in [2.05, 4.69) is 0 Å². The minimum absolute atomic E-state index is 0.123. The molecule has 0 N–H and O–H groups in total. The first-order valence-electron chi connectivity index (χ1n) is 5.75. The molecule has 1 atom stereocenters. The standard InChI is InChI=1S/C13H17NO2/c1-2-12-13(15)14(8-9-16-12)10-11-6-4-3-5-7-11/h3-7,12H,2,8-10H2,1H3/t12-/m0/s1. The lowest BCUT2D eigenvalue weighted by Gasteiger charge is -2.32. The molecule has 3 nitrogen and oxygen atoms in total. The van der Waals surface area contributed by atoms with Crippen LogP contribution in [0.1, 0.15) is 18.9 Å². The smallest absolute Gasteiger partial charge is 0.252 e.